The highest BCUT2D eigenvalue weighted by atomic mass is 19.1. The van der Waals surface area contributed by atoms with Gasteiger partial charge in [-0.3, -0.25) is 0 Å². The summed E-state index contributed by atoms with van der Waals surface area (Å²) in [6.07, 6.45) is 0. The fourth-order valence-corrected chi connectivity index (χ4v) is 3.38. The topological polar surface area (TPSA) is 18.5 Å². The Labute approximate surface area is 143 Å². The molecule has 0 aliphatic heterocycles. The van der Waals surface area contributed by atoms with E-state index >= 15 is 0 Å². The average Bonchev–Trinajstić information content (AvgIpc) is 2.93. The van der Waals surface area contributed by atoms with E-state index in [2.05, 4.69) is 27.7 Å². The van der Waals surface area contributed by atoms with Crippen LogP contribution in [0.1, 0.15) is 33.3 Å². The van der Waals surface area contributed by atoms with Crippen LogP contribution in [0.5, 0.6) is 11.5 Å². The highest BCUT2D eigenvalue weighted by Crippen LogP contribution is 2.68. The maximum absolute atomic E-state index is 14.0. The summed E-state index contributed by atoms with van der Waals surface area (Å²) in [6.45, 7) is 10.3. The highest BCUT2D eigenvalue weighted by Gasteiger charge is 2.64. The standard InChI is InChI=1S/C21H25FO2/c1-20(2)19(21(20,3)4)14-23-13-15-10-11-17(22)18(12-15)24-16-8-6-5-7-9-16/h5-12,19H,13-14H2,1-4H3. The minimum absolute atomic E-state index is 0.231. The van der Waals surface area contributed by atoms with Gasteiger partial charge in [0.1, 0.15) is 5.75 Å². The summed E-state index contributed by atoms with van der Waals surface area (Å²) in [5.41, 5.74) is 1.55. The van der Waals surface area contributed by atoms with Gasteiger partial charge in [0.05, 0.1) is 13.2 Å². The quantitative estimate of drug-likeness (QED) is 0.665. The van der Waals surface area contributed by atoms with Gasteiger partial charge in [0.15, 0.2) is 11.6 Å². The van der Waals surface area contributed by atoms with Gasteiger partial charge in [-0.25, -0.2) is 4.39 Å². The Morgan fingerprint density at radius 2 is 1.62 bits per heavy atom. The summed E-state index contributed by atoms with van der Waals surface area (Å²) in [5.74, 6) is 1.04. The molecule has 1 aliphatic carbocycles. The van der Waals surface area contributed by atoms with Crippen LogP contribution in [0.25, 0.3) is 0 Å². The van der Waals surface area contributed by atoms with E-state index in [0.717, 1.165) is 12.2 Å². The Morgan fingerprint density at radius 1 is 0.958 bits per heavy atom. The molecular weight excluding hydrogens is 303 g/mol. The number of benzene rings is 2. The molecule has 0 aromatic heterocycles. The number of hydrogen-bond acceptors (Lipinski definition) is 2. The fraction of sp³-hybridized carbons (Fsp3) is 0.429. The molecule has 24 heavy (non-hydrogen) atoms. The third kappa shape index (κ3) is 3.18. The molecule has 0 unspecified atom stereocenters. The molecule has 1 fully saturated rings. The van der Waals surface area contributed by atoms with Crippen molar-refractivity contribution in [1.82, 2.24) is 0 Å². The first kappa shape index (κ1) is 17.0. The second kappa shape index (κ2) is 6.21. The Balaban J connectivity index is 1.60. The van der Waals surface area contributed by atoms with Crippen LogP contribution in [0, 0.1) is 22.6 Å². The Bertz CT molecular complexity index is 693. The minimum atomic E-state index is -0.368. The molecule has 0 spiro atoms. The van der Waals surface area contributed by atoms with Gasteiger partial charge in [0.2, 0.25) is 0 Å². The van der Waals surface area contributed by atoms with Crippen molar-refractivity contribution in [2.24, 2.45) is 16.7 Å². The first-order valence-electron chi connectivity index (χ1n) is 8.41. The molecule has 128 valence electrons. The SMILES string of the molecule is CC1(C)C(COCc2ccc(F)c(Oc3ccccc3)c2)C1(C)C. The molecule has 2 aromatic carbocycles. The summed E-state index contributed by atoms with van der Waals surface area (Å²) in [4.78, 5) is 0. The zero-order valence-electron chi connectivity index (χ0n) is 14.8. The number of halogens is 1. The number of hydrogen-bond donors (Lipinski definition) is 0. The number of ether oxygens (including phenoxy) is 2. The largest absolute Gasteiger partial charge is 0.454 e. The summed E-state index contributed by atoms with van der Waals surface area (Å²) < 4.78 is 25.5. The summed E-state index contributed by atoms with van der Waals surface area (Å²) in [5, 5.41) is 0. The molecule has 3 rings (SSSR count). The monoisotopic (exact) mass is 328 g/mol. The van der Waals surface area contributed by atoms with Crippen LogP contribution in [-0.2, 0) is 11.3 Å². The van der Waals surface area contributed by atoms with Crippen molar-refractivity contribution in [3.05, 3.63) is 59.9 Å². The van der Waals surface area contributed by atoms with E-state index in [-0.39, 0.29) is 11.6 Å². The summed E-state index contributed by atoms with van der Waals surface area (Å²) in [7, 11) is 0. The zero-order valence-corrected chi connectivity index (χ0v) is 14.8. The van der Waals surface area contributed by atoms with Crippen molar-refractivity contribution in [3.63, 3.8) is 0 Å². The van der Waals surface area contributed by atoms with Gasteiger partial charge in [0.25, 0.3) is 0 Å². The molecule has 0 radical (unpaired) electrons. The Hall–Kier alpha value is -1.87. The van der Waals surface area contributed by atoms with Gasteiger partial charge in [-0.15, -0.1) is 0 Å². The van der Waals surface area contributed by atoms with Crippen LogP contribution < -0.4 is 4.74 Å². The van der Waals surface area contributed by atoms with Crippen molar-refractivity contribution in [2.45, 2.75) is 34.3 Å². The van der Waals surface area contributed by atoms with E-state index in [0.29, 0.717) is 29.1 Å². The Morgan fingerprint density at radius 3 is 2.25 bits per heavy atom. The zero-order chi connectivity index (χ0) is 17.4. The van der Waals surface area contributed by atoms with E-state index in [9.17, 15) is 4.39 Å². The van der Waals surface area contributed by atoms with Crippen molar-refractivity contribution in [2.75, 3.05) is 6.61 Å². The van der Waals surface area contributed by atoms with Crippen LogP contribution in [0.2, 0.25) is 0 Å². The maximum Gasteiger partial charge on any atom is 0.165 e. The van der Waals surface area contributed by atoms with E-state index in [1.54, 1.807) is 24.3 Å². The van der Waals surface area contributed by atoms with E-state index < -0.39 is 0 Å². The molecule has 1 aliphatic rings. The third-order valence-corrected chi connectivity index (χ3v) is 5.84. The molecule has 0 saturated heterocycles. The number of para-hydroxylation sites is 1. The van der Waals surface area contributed by atoms with Crippen molar-refractivity contribution in [3.8, 4) is 11.5 Å². The summed E-state index contributed by atoms with van der Waals surface area (Å²) >= 11 is 0. The molecule has 0 atom stereocenters. The van der Waals surface area contributed by atoms with Crippen LogP contribution in [0.3, 0.4) is 0 Å². The van der Waals surface area contributed by atoms with Gasteiger partial charge in [-0.05, 0) is 46.6 Å². The van der Waals surface area contributed by atoms with E-state index in [4.69, 9.17) is 9.47 Å². The molecule has 2 aromatic rings. The Kier molecular flexibility index (Phi) is 4.39. The smallest absolute Gasteiger partial charge is 0.165 e. The number of rotatable bonds is 6. The minimum Gasteiger partial charge on any atom is -0.454 e. The first-order valence-corrected chi connectivity index (χ1v) is 8.41. The molecule has 3 heteroatoms. The van der Waals surface area contributed by atoms with Crippen LogP contribution in [0.15, 0.2) is 48.5 Å². The van der Waals surface area contributed by atoms with Crippen LogP contribution in [0.4, 0.5) is 4.39 Å². The van der Waals surface area contributed by atoms with Gasteiger partial charge in [-0.1, -0.05) is 52.0 Å². The van der Waals surface area contributed by atoms with Crippen LogP contribution in [-0.4, -0.2) is 6.61 Å². The van der Waals surface area contributed by atoms with Crippen LogP contribution >= 0.6 is 0 Å². The fourth-order valence-electron chi connectivity index (χ4n) is 3.38. The van der Waals surface area contributed by atoms with E-state index in [1.807, 2.05) is 18.2 Å². The lowest BCUT2D eigenvalue weighted by molar-refractivity contribution is 0.0991. The third-order valence-electron chi connectivity index (χ3n) is 5.84. The second-order valence-corrected chi connectivity index (χ2v) is 7.69. The van der Waals surface area contributed by atoms with Gasteiger partial charge >= 0.3 is 0 Å². The second-order valence-electron chi connectivity index (χ2n) is 7.69. The molecule has 2 nitrogen and oxygen atoms in total. The predicted octanol–water partition coefficient (Wildman–Crippen LogP) is 5.82. The molecule has 0 amide bonds. The lowest BCUT2D eigenvalue weighted by Crippen LogP contribution is -2.02. The van der Waals surface area contributed by atoms with Gasteiger partial charge in [-0.2, -0.15) is 0 Å². The molecule has 1 saturated carbocycles. The predicted molar refractivity (Wildman–Crippen MR) is 93.6 cm³/mol. The molecule has 0 N–H and O–H groups in total. The lowest BCUT2D eigenvalue weighted by Gasteiger charge is -2.10. The van der Waals surface area contributed by atoms with Crippen molar-refractivity contribution < 1.29 is 13.9 Å². The van der Waals surface area contributed by atoms with E-state index in [1.165, 1.54) is 6.07 Å². The normalized spacial score (nSPS) is 18.4. The molecular formula is C21H25FO2. The average molecular weight is 328 g/mol. The molecule has 0 bridgehead atoms. The van der Waals surface area contributed by atoms with Gasteiger partial charge < -0.3 is 9.47 Å². The maximum atomic E-state index is 14.0. The van der Waals surface area contributed by atoms with Gasteiger partial charge in [0, 0.05) is 0 Å². The highest BCUT2D eigenvalue weighted by molar-refractivity contribution is 5.35. The summed E-state index contributed by atoms with van der Waals surface area (Å²) in [6, 6.07) is 14.1. The van der Waals surface area contributed by atoms with Crippen molar-refractivity contribution >= 4 is 0 Å². The first-order chi connectivity index (χ1) is 11.3. The lowest BCUT2D eigenvalue weighted by atomic mass is 10.0. The van der Waals surface area contributed by atoms with Crippen molar-refractivity contribution in [1.29, 1.82) is 0 Å². The molecule has 0 heterocycles.